The topological polar surface area (TPSA) is 119 Å². The minimum absolute atomic E-state index is 0.100. The zero-order valence-electron chi connectivity index (χ0n) is 20.6. The van der Waals surface area contributed by atoms with Crippen LogP contribution >= 0.6 is 0 Å². The minimum Gasteiger partial charge on any atom is -0.382 e. The van der Waals surface area contributed by atoms with Crippen molar-refractivity contribution in [1.29, 1.82) is 0 Å². The minimum atomic E-state index is -0.256. The highest BCUT2D eigenvalue weighted by Gasteiger charge is 2.68. The highest BCUT2D eigenvalue weighted by Crippen LogP contribution is 2.69. The number of fused-ring (bicyclic) bond motifs is 2. The molecule has 1 saturated heterocycles. The summed E-state index contributed by atoms with van der Waals surface area (Å²) in [5, 5.41) is 2.79. The lowest BCUT2D eigenvalue weighted by atomic mass is 10.0. The van der Waals surface area contributed by atoms with Crippen LogP contribution in [0.15, 0.2) is 73.7 Å². The number of carbonyl (C=O) groups is 2. The average Bonchev–Trinajstić information content (AvgIpc) is 3.24. The zero-order valence-corrected chi connectivity index (χ0v) is 20.6. The molecule has 3 atom stereocenters. The van der Waals surface area contributed by atoms with Gasteiger partial charge in [0.2, 0.25) is 5.91 Å². The highest BCUT2D eigenvalue weighted by atomic mass is 16.2. The summed E-state index contributed by atoms with van der Waals surface area (Å²) < 4.78 is 1.95. The number of nitrogen functional groups attached to an aromatic ring is 1. The number of nitrogens with two attached hydrogens (primary N) is 1. The van der Waals surface area contributed by atoms with E-state index >= 15 is 0 Å². The maximum absolute atomic E-state index is 12.8. The van der Waals surface area contributed by atoms with Gasteiger partial charge in [-0.05, 0) is 47.6 Å². The van der Waals surface area contributed by atoms with Gasteiger partial charge in [-0.3, -0.25) is 14.0 Å². The molecule has 1 aliphatic heterocycles. The summed E-state index contributed by atoms with van der Waals surface area (Å²) >= 11 is 0. The number of pyridine rings is 1. The molecule has 9 nitrogen and oxygen atoms in total. The SMILES string of the molecule is C=CC(=O)N1CC2C([C@H]1c1nc(-c3ccc(C(=O)Nc4ccccn4)cc3)c3c(N)nccn13)C2(C)C. The Morgan fingerprint density at radius 3 is 2.62 bits per heavy atom. The first-order valence-corrected chi connectivity index (χ1v) is 12.2. The van der Waals surface area contributed by atoms with Gasteiger partial charge in [-0.25, -0.2) is 15.0 Å². The molecule has 3 N–H and O–H groups in total. The zero-order chi connectivity index (χ0) is 25.9. The lowest BCUT2D eigenvalue weighted by Crippen LogP contribution is -2.35. The number of aromatic nitrogens is 4. The number of benzene rings is 1. The van der Waals surface area contributed by atoms with E-state index in [4.69, 9.17) is 10.7 Å². The van der Waals surface area contributed by atoms with Crippen molar-refractivity contribution in [3.63, 3.8) is 0 Å². The Morgan fingerprint density at radius 1 is 1.14 bits per heavy atom. The fraction of sp³-hybridized carbons (Fsp3) is 0.250. The van der Waals surface area contributed by atoms with Gasteiger partial charge in [-0.15, -0.1) is 0 Å². The second-order valence-electron chi connectivity index (χ2n) is 10.2. The number of hydrogen-bond donors (Lipinski definition) is 2. The number of piperidine rings is 1. The van der Waals surface area contributed by atoms with Gasteiger partial charge >= 0.3 is 0 Å². The standard InChI is InChI=1S/C28H27N7O2/c1-4-20(36)35-15-18-21(28(18,2)3)23(35)26-33-22(24-25(29)31-13-14-34(24)26)16-8-10-17(11-9-16)27(37)32-19-7-5-6-12-30-19/h4-14,18,21,23H,1,15H2,2-3H3,(H2,29,31)(H,30,32,37)/t18?,21?,23-/m0/s1. The van der Waals surface area contributed by atoms with E-state index in [1.807, 2.05) is 33.7 Å². The molecule has 4 aromatic rings. The van der Waals surface area contributed by atoms with Crippen LogP contribution in [0.3, 0.4) is 0 Å². The molecular weight excluding hydrogens is 466 g/mol. The Morgan fingerprint density at radius 2 is 1.92 bits per heavy atom. The van der Waals surface area contributed by atoms with Crippen LogP contribution in [0.2, 0.25) is 0 Å². The van der Waals surface area contributed by atoms with Crippen molar-refractivity contribution in [2.45, 2.75) is 19.9 Å². The fourth-order valence-electron chi connectivity index (χ4n) is 5.83. The third-order valence-electron chi connectivity index (χ3n) is 7.87. The van der Waals surface area contributed by atoms with Crippen molar-refractivity contribution < 1.29 is 9.59 Å². The molecule has 0 bridgehead atoms. The number of nitrogens with zero attached hydrogens (tertiary/aromatic N) is 5. The largest absolute Gasteiger partial charge is 0.382 e. The van der Waals surface area contributed by atoms with Gasteiger partial charge < -0.3 is 16.0 Å². The molecule has 37 heavy (non-hydrogen) atoms. The van der Waals surface area contributed by atoms with Crippen molar-refractivity contribution in [3.05, 3.63) is 85.1 Å². The molecule has 2 fully saturated rings. The van der Waals surface area contributed by atoms with Crippen LogP contribution in [0.5, 0.6) is 0 Å². The van der Waals surface area contributed by atoms with Crippen LogP contribution in [0.4, 0.5) is 11.6 Å². The molecule has 4 heterocycles. The summed E-state index contributed by atoms with van der Waals surface area (Å²) in [6.45, 7) is 8.87. The van der Waals surface area contributed by atoms with Crippen LogP contribution in [0, 0.1) is 17.3 Å². The fourth-order valence-corrected chi connectivity index (χ4v) is 5.83. The van der Waals surface area contributed by atoms with Crippen LogP contribution in [-0.4, -0.2) is 42.6 Å². The highest BCUT2D eigenvalue weighted by molar-refractivity contribution is 6.04. The van der Waals surface area contributed by atoms with Crippen LogP contribution in [0.1, 0.15) is 36.1 Å². The van der Waals surface area contributed by atoms with Gasteiger partial charge in [0.05, 0.1) is 6.04 Å². The summed E-state index contributed by atoms with van der Waals surface area (Å²) in [6.07, 6.45) is 6.47. The van der Waals surface area contributed by atoms with E-state index in [1.54, 1.807) is 36.7 Å². The maximum Gasteiger partial charge on any atom is 0.256 e. The Hall–Kier alpha value is -4.53. The number of anilines is 2. The van der Waals surface area contributed by atoms with E-state index in [0.29, 0.717) is 46.8 Å². The number of rotatable bonds is 5. The molecular formula is C28H27N7O2. The van der Waals surface area contributed by atoms with Crippen molar-refractivity contribution >= 4 is 29.0 Å². The summed E-state index contributed by atoms with van der Waals surface area (Å²) in [5.74, 6) is 1.93. The van der Waals surface area contributed by atoms with Gasteiger partial charge in [-0.1, -0.05) is 38.6 Å². The lowest BCUT2D eigenvalue weighted by molar-refractivity contribution is -0.128. The second-order valence-corrected chi connectivity index (χ2v) is 10.2. The first kappa shape index (κ1) is 22.9. The predicted molar refractivity (Wildman–Crippen MR) is 140 cm³/mol. The molecule has 1 aromatic carbocycles. The number of hydrogen-bond acceptors (Lipinski definition) is 6. The molecule has 2 aliphatic rings. The molecule has 1 aliphatic carbocycles. The Balaban J connectivity index is 1.40. The number of nitrogens with one attached hydrogen (secondary N) is 1. The normalized spacial score (nSPS) is 21.5. The molecule has 3 aromatic heterocycles. The van der Waals surface area contributed by atoms with E-state index in [0.717, 1.165) is 11.4 Å². The molecule has 1 saturated carbocycles. The number of carbonyl (C=O) groups excluding carboxylic acids is 2. The first-order chi connectivity index (χ1) is 17.8. The van der Waals surface area contributed by atoms with E-state index in [1.165, 1.54) is 6.08 Å². The molecule has 6 rings (SSSR count). The van der Waals surface area contributed by atoms with E-state index < -0.39 is 0 Å². The monoisotopic (exact) mass is 493 g/mol. The summed E-state index contributed by atoms with van der Waals surface area (Å²) in [7, 11) is 0. The molecule has 2 unspecified atom stereocenters. The molecule has 0 radical (unpaired) electrons. The summed E-state index contributed by atoms with van der Waals surface area (Å²) in [6, 6.07) is 12.3. The van der Waals surface area contributed by atoms with Gasteiger partial charge in [0.25, 0.3) is 5.91 Å². The van der Waals surface area contributed by atoms with Crippen molar-refractivity contribution in [2.75, 3.05) is 17.6 Å². The predicted octanol–water partition coefficient (Wildman–Crippen LogP) is 3.97. The van der Waals surface area contributed by atoms with Crippen LogP contribution in [0.25, 0.3) is 16.8 Å². The quantitative estimate of drug-likeness (QED) is 0.406. The summed E-state index contributed by atoms with van der Waals surface area (Å²) in [4.78, 5) is 40.8. The van der Waals surface area contributed by atoms with E-state index in [-0.39, 0.29) is 23.3 Å². The Bertz CT molecular complexity index is 1540. The number of amides is 2. The van der Waals surface area contributed by atoms with Crippen LogP contribution in [-0.2, 0) is 4.79 Å². The molecule has 2 amide bonds. The molecule has 9 heteroatoms. The average molecular weight is 494 g/mol. The first-order valence-electron chi connectivity index (χ1n) is 12.2. The Labute approximate surface area is 214 Å². The Kier molecular flexibility index (Phi) is 5.11. The van der Waals surface area contributed by atoms with Gasteiger partial charge in [0, 0.05) is 36.3 Å². The van der Waals surface area contributed by atoms with Crippen molar-refractivity contribution in [3.8, 4) is 11.3 Å². The lowest BCUT2D eigenvalue weighted by Gasteiger charge is -2.29. The third-order valence-corrected chi connectivity index (χ3v) is 7.87. The van der Waals surface area contributed by atoms with Crippen LogP contribution < -0.4 is 11.1 Å². The molecule has 186 valence electrons. The second kappa shape index (κ2) is 8.26. The smallest absolute Gasteiger partial charge is 0.256 e. The van der Waals surface area contributed by atoms with Gasteiger partial charge in [0.1, 0.15) is 28.7 Å². The third kappa shape index (κ3) is 3.57. The maximum atomic E-state index is 12.8. The van der Waals surface area contributed by atoms with E-state index in [9.17, 15) is 9.59 Å². The van der Waals surface area contributed by atoms with Crippen molar-refractivity contribution in [1.82, 2.24) is 24.3 Å². The summed E-state index contributed by atoms with van der Waals surface area (Å²) in [5.41, 5.74) is 9.09. The number of imidazole rings is 1. The van der Waals surface area contributed by atoms with Gasteiger partial charge in [0.15, 0.2) is 0 Å². The number of likely N-dealkylation sites (tertiary alicyclic amines) is 1. The van der Waals surface area contributed by atoms with Crippen molar-refractivity contribution in [2.24, 2.45) is 17.3 Å². The van der Waals surface area contributed by atoms with Gasteiger partial charge in [-0.2, -0.15) is 0 Å². The van der Waals surface area contributed by atoms with E-state index in [2.05, 4.69) is 35.7 Å². The molecule has 0 spiro atoms.